The normalized spacial score (nSPS) is 22.8. The highest BCUT2D eigenvalue weighted by Crippen LogP contribution is 2.44. The van der Waals surface area contributed by atoms with E-state index < -0.39 is 30.0 Å². The molecule has 3 atom stereocenters. The molecule has 2 aliphatic heterocycles. The summed E-state index contributed by atoms with van der Waals surface area (Å²) in [5.41, 5.74) is 1.13. The molecule has 1 aromatic carbocycles. The molecule has 2 aromatic heterocycles. The molecule has 1 N–H and O–H groups in total. The third-order valence-electron chi connectivity index (χ3n) is 6.09. The van der Waals surface area contributed by atoms with Crippen LogP contribution in [-0.2, 0) is 6.42 Å². The predicted molar refractivity (Wildman–Crippen MR) is 108 cm³/mol. The number of nitrogens with one attached hydrogen (secondary N) is 1. The van der Waals surface area contributed by atoms with Gasteiger partial charge in [0.1, 0.15) is 17.4 Å². The summed E-state index contributed by atoms with van der Waals surface area (Å²) in [5.74, 6) is -0.457. The van der Waals surface area contributed by atoms with E-state index in [0.717, 1.165) is 4.68 Å². The number of furan rings is 1. The van der Waals surface area contributed by atoms with E-state index in [9.17, 15) is 22.4 Å². The Morgan fingerprint density at radius 2 is 2.06 bits per heavy atom. The summed E-state index contributed by atoms with van der Waals surface area (Å²) >= 11 is 0. The number of rotatable bonds is 2. The lowest BCUT2D eigenvalue weighted by molar-refractivity contribution is -0.174. The van der Waals surface area contributed by atoms with Gasteiger partial charge in [0.2, 0.25) is 0 Å². The first kappa shape index (κ1) is 20.6. The van der Waals surface area contributed by atoms with Crippen molar-refractivity contribution in [2.45, 2.75) is 50.5 Å². The summed E-state index contributed by atoms with van der Waals surface area (Å²) in [4.78, 5) is 14.9. The summed E-state index contributed by atoms with van der Waals surface area (Å²) in [6.07, 6.45) is -2.25. The first-order valence-electron chi connectivity index (χ1n) is 10.3. The molecule has 1 amide bonds. The zero-order valence-corrected chi connectivity index (χ0v) is 17.1. The van der Waals surface area contributed by atoms with Gasteiger partial charge >= 0.3 is 6.18 Å². The number of amides is 1. The van der Waals surface area contributed by atoms with Gasteiger partial charge in [-0.1, -0.05) is 0 Å². The Morgan fingerprint density at radius 3 is 2.78 bits per heavy atom. The Hall–Kier alpha value is -3.30. The number of halogens is 4. The van der Waals surface area contributed by atoms with Crippen LogP contribution in [0.4, 0.5) is 29.1 Å². The van der Waals surface area contributed by atoms with Gasteiger partial charge in [-0.2, -0.15) is 18.3 Å². The standard InChI is InChI=1S/C22H20F4N4O2/c1-12-4-5-13-9-14(23)6-7-17(13)29(12)21(31)16-11-20-27-15(18-3-2-8-32-18)10-19(22(24,25)26)30(20)28-16/h2-3,6-9,11-12,15,19,27H,4-5,10H2,1H3/t12-,15-,19+/m0/s1. The van der Waals surface area contributed by atoms with Crippen LogP contribution in [0.25, 0.3) is 0 Å². The molecule has 5 rings (SSSR count). The van der Waals surface area contributed by atoms with E-state index in [0.29, 0.717) is 29.9 Å². The third-order valence-corrected chi connectivity index (χ3v) is 6.09. The van der Waals surface area contributed by atoms with E-state index in [4.69, 9.17) is 4.42 Å². The van der Waals surface area contributed by atoms with Crippen LogP contribution in [0.1, 0.15) is 53.7 Å². The molecule has 10 heteroatoms. The Morgan fingerprint density at radius 1 is 1.25 bits per heavy atom. The van der Waals surface area contributed by atoms with Crippen molar-refractivity contribution in [3.63, 3.8) is 0 Å². The summed E-state index contributed by atoms with van der Waals surface area (Å²) in [6, 6.07) is 5.91. The molecule has 0 radical (unpaired) electrons. The van der Waals surface area contributed by atoms with Crippen molar-refractivity contribution in [3.05, 3.63) is 65.5 Å². The third kappa shape index (κ3) is 3.43. The molecule has 0 unspecified atom stereocenters. The molecule has 0 bridgehead atoms. The maximum Gasteiger partial charge on any atom is 0.410 e. The topological polar surface area (TPSA) is 63.3 Å². The fraction of sp³-hybridized carbons (Fsp3) is 0.364. The number of benzene rings is 1. The van der Waals surface area contributed by atoms with Crippen LogP contribution < -0.4 is 10.2 Å². The van der Waals surface area contributed by atoms with Gasteiger partial charge in [0.15, 0.2) is 11.7 Å². The lowest BCUT2D eigenvalue weighted by atomic mass is 9.96. The van der Waals surface area contributed by atoms with Crippen LogP contribution in [0.15, 0.2) is 47.1 Å². The van der Waals surface area contributed by atoms with Crippen LogP contribution in [0.2, 0.25) is 0 Å². The Kier molecular flexibility index (Phi) is 4.75. The van der Waals surface area contributed by atoms with Gasteiger partial charge in [0.25, 0.3) is 5.91 Å². The number of carbonyl (C=O) groups is 1. The van der Waals surface area contributed by atoms with Crippen LogP contribution in [-0.4, -0.2) is 27.9 Å². The van der Waals surface area contributed by atoms with Gasteiger partial charge < -0.3 is 14.6 Å². The number of hydrogen-bond acceptors (Lipinski definition) is 4. The molecule has 3 aromatic rings. The van der Waals surface area contributed by atoms with Crippen LogP contribution >= 0.6 is 0 Å². The molecule has 0 fully saturated rings. The van der Waals surface area contributed by atoms with Crippen molar-refractivity contribution < 1.29 is 26.8 Å². The lowest BCUT2D eigenvalue weighted by Crippen LogP contribution is -2.42. The Balaban J connectivity index is 1.52. The smallest absolute Gasteiger partial charge is 0.410 e. The number of aromatic nitrogens is 2. The van der Waals surface area contributed by atoms with Crippen molar-refractivity contribution >= 4 is 17.4 Å². The molecule has 0 spiro atoms. The fourth-order valence-electron chi connectivity index (χ4n) is 4.51. The second-order valence-corrected chi connectivity index (χ2v) is 8.20. The highest BCUT2D eigenvalue weighted by molar-refractivity contribution is 6.06. The molecule has 6 nitrogen and oxygen atoms in total. The van der Waals surface area contributed by atoms with E-state index in [1.807, 2.05) is 6.92 Å². The summed E-state index contributed by atoms with van der Waals surface area (Å²) < 4.78 is 61.3. The first-order valence-corrected chi connectivity index (χ1v) is 10.3. The number of aryl methyl sites for hydroxylation is 1. The predicted octanol–water partition coefficient (Wildman–Crippen LogP) is 5.26. The van der Waals surface area contributed by atoms with Gasteiger partial charge in [-0.3, -0.25) is 4.79 Å². The van der Waals surface area contributed by atoms with Gasteiger partial charge in [0.05, 0.1) is 12.3 Å². The molecule has 4 heterocycles. The van der Waals surface area contributed by atoms with Gasteiger partial charge in [0, 0.05) is 24.2 Å². The molecular formula is C22H20F4N4O2. The van der Waals surface area contributed by atoms with E-state index in [2.05, 4.69) is 10.4 Å². The minimum absolute atomic E-state index is 0.0901. The zero-order valence-electron chi connectivity index (χ0n) is 17.1. The van der Waals surface area contributed by atoms with Crippen LogP contribution in [0.3, 0.4) is 0 Å². The summed E-state index contributed by atoms with van der Waals surface area (Å²) in [6.45, 7) is 1.85. The number of anilines is 2. The van der Waals surface area contributed by atoms with E-state index >= 15 is 0 Å². The fourth-order valence-corrected chi connectivity index (χ4v) is 4.51. The molecule has 0 saturated carbocycles. The van der Waals surface area contributed by atoms with Crippen molar-refractivity contribution in [1.29, 1.82) is 0 Å². The zero-order chi connectivity index (χ0) is 22.6. The van der Waals surface area contributed by atoms with Gasteiger partial charge in [-0.05, 0) is 55.7 Å². The van der Waals surface area contributed by atoms with Gasteiger partial charge in [-0.25, -0.2) is 9.07 Å². The molecule has 2 aliphatic rings. The highest BCUT2D eigenvalue weighted by atomic mass is 19.4. The number of hydrogen-bond donors (Lipinski definition) is 1. The minimum atomic E-state index is -4.56. The number of carbonyl (C=O) groups excluding carboxylic acids is 1. The number of nitrogens with zero attached hydrogens (tertiary/aromatic N) is 3. The quantitative estimate of drug-likeness (QED) is 0.544. The average molecular weight is 448 g/mol. The maximum absolute atomic E-state index is 13.8. The molecule has 32 heavy (non-hydrogen) atoms. The Labute approximate surface area is 180 Å². The second kappa shape index (κ2) is 7.39. The van der Waals surface area contributed by atoms with E-state index in [1.165, 1.54) is 35.4 Å². The monoisotopic (exact) mass is 448 g/mol. The van der Waals surface area contributed by atoms with Crippen LogP contribution in [0, 0.1) is 5.82 Å². The molecule has 0 saturated heterocycles. The summed E-state index contributed by atoms with van der Waals surface area (Å²) in [5, 5.41) is 7.06. The highest BCUT2D eigenvalue weighted by Gasteiger charge is 2.47. The first-order chi connectivity index (χ1) is 15.2. The van der Waals surface area contributed by atoms with Crippen molar-refractivity contribution in [2.75, 3.05) is 10.2 Å². The van der Waals surface area contributed by atoms with Crippen LogP contribution in [0.5, 0.6) is 0 Å². The summed E-state index contributed by atoms with van der Waals surface area (Å²) in [7, 11) is 0. The molecule has 168 valence electrons. The lowest BCUT2D eigenvalue weighted by Gasteiger charge is -2.34. The number of alkyl halides is 3. The largest absolute Gasteiger partial charge is 0.467 e. The molecule has 0 aliphatic carbocycles. The van der Waals surface area contributed by atoms with E-state index in [1.54, 1.807) is 12.1 Å². The van der Waals surface area contributed by atoms with Crippen molar-refractivity contribution in [3.8, 4) is 0 Å². The average Bonchev–Trinajstić information content (AvgIpc) is 3.41. The SMILES string of the molecule is C[C@H]1CCc2cc(F)ccc2N1C(=O)c1cc2n(n1)[C@@H](C(F)(F)F)C[C@@H](c1ccco1)N2. The van der Waals surface area contributed by atoms with Gasteiger partial charge in [-0.15, -0.1) is 0 Å². The van der Waals surface area contributed by atoms with E-state index in [-0.39, 0.29) is 24.0 Å². The maximum atomic E-state index is 13.8. The number of fused-ring (bicyclic) bond motifs is 2. The van der Waals surface area contributed by atoms with Crippen molar-refractivity contribution in [2.24, 2.45) is 0 Å². The Bertz CT molecular complexity index is 1160. The second-order valence-electron chi connectivity index (χ2n) is 8.20. The minimum Gasteiger partial charge on any atom is -0.467 e. The molecular weight excluding hydrogens is 428 g/mol. The van der Waals surface area contributed by atoms with Crippen molar-refractivity contribution in [1.82, 2.24) is 9.78 Å².